The Morgan fingerprint density at radius 3 is 2.48 bits per heavy atom. The van der Waals surface area contributed by atoms with Crippen LogP contribution in [0.15, 0.2) is 36.4 Å². The van der Waals surface area contributed by atoms with Gasteiger partial charge in [-0.15, -0.1) is 0 Å². The fourth-order valence-corrected chi connectivity index (χ4v) is 3.38. The van der Waals surface area contributed by atoms with Crippen molar-refractivity contribution >= 4 is 23.5 Å². The maximum atomic E-state index is 13.1. The van der Waals surface area contributed by atoms with E-state index in [0.717, 1.165) is 4.90 Å². The normalized spacial score (nSPS) is 13.8. The van der Waals surface area contributed by atoms with Crippen LogP contribution in [0.2, 0.25) is 0 Å². The number of rotatable bonds is 7. The average molecular weight is 398 g/mol. The van der Waals surface area contributed by atoms with Gasteiger partial charge >= 0.3 is 5.97 Å². The Kier molecular flexibility index (Phi) is 5.72. The molecule has 29 heavy (non-hydrogen) atoms. The van der Waals surface area contributed by atoms with Crippen LogP contribution in [0.4, 0.5) is 5.69 Å². The molecule has 8 heteroatoms. The number of nitrogen functional groups attached to an aromatic ring is 1. The molecule has 2 amide bonds. The molecule has 0 saturated heterocycles. The summed E-state index contributed by atoms with van der Waals surface area (Å²) in [4.78, 5) is 39.2. The Morgan fingerprint density at radius 1 is 1.10 bits per heavy atom. The number of anilines is 1. The van der Waals surface area contributed by atoms with Crippen molar-refractivity contribution in [1.82, 2.24) is 4.90 Å². The molecule has 1 aliphatic heterocycles. The number of ether oxygens (including phenoxy) is 3. The van der Waals surface area contributed by atoms with Gasteiger partial charge < -0.3 is 19.9 Å². The molecule has 0 saturated carbocycles. The van der Waals surface area contributed by atoms with E-state index >= 15 is 0 Å². The lowest BCUT2D eigenvalue weighted by atomic mass is 10.0. The van der Waals surface area contributed by atoms with Gasteiger partial charge in [-0.1, -0.05) is 12.1 Å². The molecule has 2 aromatic carbocycles. The minimum atomic E-state index is -0.889. The van der Waals surface area contributed by atoms with Gasteiger partial charge in [-0.2, -0.15) is 0 Å². The lowest BCUT2D eigenvalue weighted by molar-refractivity contribution is -0.141. The third kappa shape index (κ3) is 3.61. The fraction of sp³-hybridized carbons (Fsp3) is 0.286. The van der Waals surface area contributed by atoms with E-state index in [2.05, 4.69) is 0 Å². The average Bonchev–Trinajstić information content (AvgIpc) is 2.97. The van der Waals surface area contributed by atoms with Crippen LogP contribution < -0.4 is 15.2 Å². The van der Waals surface area contributed by atoms with E-state index in [1.807, 2.05) is 6.92 Å². The van der Waals surface area contributed by atoms with Crippen LogP contribution in [0.1, 0.15) is 45.7 Å². The van der Waals surface area contributed by atoms with Gasteiger partial charge in [0.1, 0.15) is 0 Å². The summed E-state index contributed by atoms with van der Waals surface area (Å²) >= 11 is 0. The van der Waals surface area contributed by atoms with Crippen LogP contribution in [0.3, 0.4) is 0 Å². The molecule has 3 rings (SSSR count). The summed E-state index contributed by atoms with van der Waals surface area (Å²) in [5, 5.41) is 0. The van der Waals surface area contributed by atoms with Gasteiger partial charge in [0, 0.05) is 5.69 Å². The monoisotopic (exact) mass is 398 g/mol. The van der Waals surface area contributed by atoms with E-state index in [-0.39, 0.29) is 23.2 Å². The third-order valence-corrected chi connectivity index (χ3v) is 4.75. The number of benzene rings is 2. The number of esters is 1. The van der Waals surface area contributed by atoms with E-state index in [1.54, 1.807) is 36.4 Å². The molecule has 0 spiro atoms. The summed E-state index contributed by atoms with van der Waals surface area (Å²) in [5.41, 5.74) is 7.03. The predicted molar refractivity (Wildman–Crippen MR) is 105 cm³/mol. The third-order valence-electron chi connectivity index (χ3n) is 4.75. The quantitative estimate of drug-likeness (QED) is 0.434. The number of nitrogens with zero attached hydrogens (tertiary/aromatic N) is 1. The van der Waals surface area contributed by atoms with Gasteiger partial charge in [0.25, 0.3) is 11.8 Å². The minimum absolute atomic E-state index is 0.144. The van der Waals surface area contributed by atoms with Gasteiger partial charge in [0.15, 0.2) is 11.5 Å². The Bertz CT molecular complexity index is 972. The maximum Gasteiger partial charge on any atom is 0.307 e. The SMILES string of the molecule is CCOc1cc(C(CC(=O)OC)N2C(=O)c3cccc(N)c3C2=O)ccc1OC. The molecule has 2 aromatic rings. The minimum Gasteiger partial charge on any atom is -0.493 e. The van der Waals surface area contributed by atoms with Crippen LogP contribution in [0.5, 0.6) is 11.5 Å². The Balaban J connectivity index is 2.09. The number of fused-ring (bicyclic) bond motifs is 1. The van der Waals surface area contributed by atoms with Crippen molar-refractivity contribution < 1.29 is 28.6 Å². The van der Waals surface area contributed by atoms with Crippen molar-refractivity contribution in [2.24, 2.45) is 0 Å². The molecule has 0 bridgehead atoms. The number of imide groups is 1. The molecule has 0 aromatic heterocycles. The lowest BCUT2D eigenvalue weighted by Crippen LogP contribution is -2.35. The molecule has 0 radical (unpaired) electrons. The van der Waals surface area contributed by atoms with E-state index in [4.69, 9.17) is 19.9 Å². The first-order valence-corrected chi connectivity index (χ1v) is 9.06. The summed E-state index contributed by atoms with van der Waals surface area (Å²) in [6.45, 7) is 2.22. The van der Waals surface area contributed by atoms with Crippen molar-refractivity contribution in [3.8, 4) is 11.5 Å². The summed E-state index contributed by atoms with van der Waals surface area (Å²) in [5.74, 6) is -0.684. The largest absolute Gasteiger partial charge is 0.493 e. The number of carbonyl (C=O) groups is 3. The summed E-state index contributed by atoms with van der Waals surface area (Å²) in [7, 11) is 2.76. The molecular formula is C21H22N2O6. The van der Waals surface area contributed by atoms with Crippen LogP contribution in [-0.4, -0.2) is 43.5 Å². The first kappa shape index (κ1) is 20.2. The first-order valence-electron chi connectivity index (χ1n) is 9.06. The maximum absolute atomic E-state index is 13.1. The molecule has 1 aliphatic rings. The highest BCUT2D eigenvalue weighted by Crippen LogP contribution is 2.38. The zero-order valence-electron chi connectivity index (χ0n) is 16.4. The highest BCUT2D eigenvalue weighted by molar-refractivity contribution is 6.23. The second-order valence-corrected chi connectivity index (χ2v) is 6.39. The highest BCUT2D eigenvalue weighted by Gasteiger charge is 2.42. The van der Waals surface area contributed by atoms with Crippen LogP contribution in [0, 0.1) is 0 Å². The smallest absolute Gasteiger partial charge is 0.307 e. The van der Waals surface area contributed by atoms with E-state index in [1.165, 1.54) is 14.2 Å². The van der Waals surface area contributed by atoms with Crippen LogP contribution in [-0.2, 0) is 9.53 Å². The second-order valence-electron chi connectivity index (χ2n) is 6.39. The number of carbonyl (C=O) groups excluding carboxylic acids is 3. The number of methoxy groups -OCH3 is 2. The Labute approximate surface area is 168 Å². The van der Waals surface area contributed by atoms with E-state index < -0.39 is 23.8 Å². The molecule has 2 N–H and O–H groups in total. The molecule has 8 nitrogen and oxygen atoms in total. The van der Waals surface area contributed by atoms with Crippen molar-refractivity contribution in [2.45, 2.75) is 19.4 Å². The second kappa shape index (κ2) is 8.22. The zero-order valence-corrected chi connectivity index (χ0v) is 16.4. The molecule has 0 aliphatic carbocycles. The summed E-state index contributed by atoms with van der Waals surface area (Å²) in [6.07, 6.45) is -0.209. The number of amides is 2. The van der Waals surface area contributed by atoms with Gasteiger partial charge in [-0.05, 0) is 36.8 Å². The molecule has 1 heterocycles. The van der Waals surface area contributed by atoms with Gasteiger partial charge in [0.2, 0.25) is 0 Å². The fourth-order valence-electron chi connectivity index (χ4n) is 3.38. The molecule has 1 unspecified atom stereocenters. The number of nitrogens with two attached hydrogens (primary N) is 1. The molecule has 1 atom stereocenters. The van der Waals surface area contributed by atoms with Crippen molar-refractivity contribution in [3.05, 3.63) is 53.1 Å². The molecule has 152 valence electrons. The van der Waals surface area contributed by atoms with Crippen LogP contribution in [0.25, 0.3) is 0 Å². The van der Waals surface area contributed by atoms with Crippen molar-refractivity contribution in [3.63, 3.8) is 0 Å². The van der Waals surface area contributed by atoms with E-state index in [0.29, 0.717) is 23.7 Å². The Morgan fingerprint density at radius 2 is 1.86 bits per heavy atom. The molecule has 0 fully saturated rings. The lowest BCUT2D eigenvalue weighted by Gasteiger charge is -2.26. The Hall–Kier alpha value is -3.55. The first-order chi connectivity index (χ1) is 13.9. The molecular weight excluding hydrogens is 376 g/mol. The van der Waals surface area contributed by atoms with Crippen molar-refractivity contribution in [2.75, 3.05) is 26.6 Å². The van der Waals surface area contributed by atoms with Crippen LogP contribution >= 0.6 is 0 Å². The van der Waals surface area contributed by atoms with Gasteiger partial charge in [0.05, 0.1) is 44.4 Å². The topological polar surface area (TPSA) is 108 Å². The highest BCUT2D eigenvalue weighted by atomic mass is 16.5. The van der Waals surface area contributed by atoms with Crippen molar-refractivity contribution in [1.29, 1.82) is 0 Å². The standard InChI is InChI=1S/C21H22N2O6/c1-4-29-17-10-12(8-9-16(17)27-2)15(11-18(24)28-3)23-20(25)13-6-5-7-14(22)19(13)21(23)26/h5-10,15H,4,11,22H2,1-3H3. The van der Waals surface area contributed by atoms with Gasteiger partial charge in [-0.25, -0.2) is 0 Å². The zero-order chi connectivity index (χ0) is 21.1. The van der Waals surface area contributed by atoms with E-state index in [9.17, 15) is 14.4 Å². The van der Waals surface area contributed by atoms with Gasteiger partial charge in [-0.3, -0.25) is 19.3 Å². The number of hydrogen-bond donors (Lipinski definition) is 1. The predicted octanol–water partition coefficient (Wildman–Crippen LogP) is 2.58. The summed E-state index contributed by atoms with van der Waals surface area (Å²) < 4.78 is 15.7. The number of hydrogen-bond acceptors (Lipinski definition) is 7. The summed E-state index contributed by atoms with van der Waals surface area (Å²) in [6, 6.07) is 8.82.